The van der Waals surface area contributed by atoms with Crippen LogP contribution in [0.2, 0.25) is 5.02 Å². The van der Waals surface area contributed by atoms with Crippen LogP contribution in [0.4, 0.5) is 15.8 Å². The van der Waals surface area contributed by atoms with Crippen LogP contribution in [0.3, 0.4) is 0 Å². The Morgan fingerprint density at radius 2 is 1.54 bits per heavy atom. The monoisotopic (exact) mass is 341 g/mol. The van der Waals surface area contributed by atoms with Crippen molar-refractivity contribution in [1.82, 2.24) is 0 Å². The van der Waals surface area contributed by atoms with Crippen molar-refractivity contribution in [3.8, 4) is 11.1 Å². The lowest BCUT2D eigenvalue weighted by Crippen LogP contribution is -2.03. The Hall–Kier alpha value is -2.85. The number of nitrogens with one attached hydrogen (secondary N) is 1. The van der Waals surface area contributed by atoms with E-state index in [9.17, 15) is 14.3 Å². The van der Waals surface area contributed by atoms with E-state index >= 15 is 0 Å². The molecule has 0 amide bonds. The molecule has 120 valence electrons. The molecule has 0 aromatic heterocycles. The van der Waals surface area contributed by atoms with Crippen LogP contribution >= 0.6 is 11.6 Å². The normalized spacial score (nSPS) is 10.4. The second-order valence-electron chi connectivity index (χ2n) is 5.20. The third kappa shape index (κ3) is 3.55. The molecule has 0 aliphatic carbocycles. The van der Waals surface area contributed by atoms with Gasteiger partial charge in [-0.15, -0.1) is 0 Å². The maximum Gasteiger partial charge on any atom is 0.337 e. The number of hydrogen-bond donors (Lipinski definition) is 2. The lowest BCUT2D eigenvalue weighted by atomic mass is 10.0. The van der Waals surface area contributed by atoms with Gasteiger partial charge in [0.05, 0.1) is 11.3 Å². The molecule has 0 saturated carbocycles. The Morgan fingerprint density at radius 1 is 0.917 bits per heavy atom. The van der Waals surface area contributed by atoms with Gasteiger partial charge in [0.15, 0.2) is 0 Å². The Labute approximate surface area is 143 Å². The molecular formula is C19H13ClFNO2. The average Bonchev–Trinajstić information content (AvgIpc) is 2.57. The number of benzene rings is 3. The number of hydrogen-bond acceptors (Lipinski definition) is 2. The van der Waals surface area contributed by atoms with Gasteiger partial charge in [0.25, 0.3) is 0 Å². The number of anilines is 2. The van der Waals surface area contributed by atoms with E-state index in [1.165, 1.54) is 18.2 Å². The quantitative estimate of drug-likeness (QED) is 0.650. The van der Waals surface area contributed by atoms with Gasteiger partial charge < -0.3 is 10.4 Å². The minimum Gasteiger partial charge on any atom is -0.478 e. The van der Waals surface area contributed by atoms with Crippen molar-refractivity contribution in [3.05, 3.63) is 83.1 Å². The largest absolute Gasteiger partial charge is 0.478 e. The maximum absolute atomic E-state index is 13.0. The predicted octanol–water partition coefficient (Wildman–Crippen LogP) is 5.59. The fourth-order valence-corrected chi connectivity index (χ4v) is 2.47. The summed E-state index contributed by atoms with van der Waals surface area (Å²) in [6, 6.07) is 18.0. The second kappa shape index (κ2) is 6.72. The van der Waals surface area contributed by atoms with Crippen LogP contribution in [0.1, 0.15) is 10.4 Å². The lowest BCUT2D eigenvalue weighted by molar-refractivity contribution is 0.0698. The zero-order valence-electron chi connectivity index (χ0n) is 12.5. The van der Waals surface area contributed by atoms with Gasteiger partial charge in [-0.05, 0) is 59.7 Å². The number of aromatic carboxylic acids is 1. The van der Waals surface area contributed by atoms with Crippen LogP contribution in [0.25, 0.3) is 11.1 Å². The first kappa shape index (κ1) is 16.0. The molecule has 3 aromatic carbocycles. The Morgan fingerprint density at radius 3 is 2.17 bits per heavy atom. The molecule has 0 aliphatic rings. The van der Waals surface area contributed by atoms with Crippen LogP contribution in [0.5, 0.6) is 0 Å². The lowest BCUT2D eigenvalue weighted by Gasteiger charge is -2.12. The van der Waals surface area contributed by atoms with Crippen LogP contribution in [0, 0.1) is 5.82 Å². The highest BCUT2D eigenvalue weighted by Gasteiger charge is 2.12. The first-order valence-electron chi connectivity index (χ1n) is 7.19. The highest BCUT2D eigenvalue weighted by molar-refractivity contribution is 6.30. The molecule has 0 unspecified atom stereocenters. The van der Waals surface area contributed by atoms with E-state index in [-0.39, 0.29) is 11.4 Å². The number of carbonyl (C=O) groups is 1. The van der Waals surface area contributed by atoms with E-state index in [1.807, 2.05) is 12.1 Å². The van der Waals surface area contributed by atoms with Gasteiger partial charge in [-0.3, -0.25) is 0 Å². The van der Waals surface area contributed by atoms with Gasteiger partial charge >= 0.3 is 5.97 Å². The summed E-state index contributed by atoms with van der Waals surface area (Å²) in [5.41, 5.74) is 2.94. The average molecular weight is 342 g/mol. The molecule has 0 atom stereocenters. The van der Waals surface area contributed by atoms with Crippen molar-refractivity contribution >= 4 is 28.9 Å². The van der Waals surface area contributed by atoms with Gasteiger partial charge in [-0.2, -0.15) is 0 Å². The summed E-state index contributed by atoms with van der Waals surface area (Å²) in [6.07, 6.45) is 0. The first-order valence-corrected chi connectivity index (χ1v) is 7.56. The molecule has 0 radical (unpaired) electrons. The van der Waals surface area contributed by atoms with E-state index in [0.717, 1.165) is 11.1 Å². The summed E-state index contributed by atoms with van der Waals surface area (Å²) < 4.78 is 13.0. The van der Waals surface area contributed by atoms with Crippen molar-refractivity contribution in [2.45, 2.75) is 0 Å². The fraction of sp³-hybridized carbons (Fsp3) is 0. The van der Waals surface area contributed by atoms with E-state index in [2.05, 4.69) is 5.32 Å². The van der Waals surface area contributed by atoms with E-state index in [1.54, 1.807) is 36.4 Å². The van der Waals surface area contributed by atoms with Gasteiger partial charge in [0.2, 0.25) is 0 Å². The smallest absolute Gasteiger partial charge is 0.337 e. The van der Waals surface area contributed by atoms with Crippen molar-refractivity contribution in [1.29, 1.82) is 0 Å². The van der Waals surface area contributed by atoms with E-state index < -0.39 is 5.97 Å². The van der Waals surface area contributed by atoms with Gasteiger partial charge in [0.1, 0.15) is 5.82 Å². The molecule has 0 aliphatic heterocycles. The molecule has 0 heterocycles. The van der Waals surface area contributed by atoms with Crippen LogP contribution in [0.15, 0.2) is 66.7 Å². The van der Waals surface area contributed by atoms with Crippen LogP contribution < -0.4 is 5.32 Å². The van der Waals surface area contributed by atoms with Crippen LogP contribution in [-0.2, 0) is 0 Å². The summed E-state index contributed by atoms with van der Waals surface area (Å²) in [5.74, 6) is -1.39. The third-order valence-corrected chi connectivity index (χ3v) is 3.80. The molecule has 5 heteroatoms. The minimum absolute atomic E-state index is 0.136. The van der Waals surface area contributed by atoms with Crippen molar-refractivity contribution in [2.24, 2.45) is 0 Å². The number of carboxylic acid groups (broad SMARTS) is 1. The molecule has 3 aromatic rings. The Kier molecular flexibility index (Phi) is 4.49. The molecular weight excluding hydrogens is 329 g/mol. The Bertz CT molecular complexity index is 877. The summed E-state index contributed by atoms with van der Waals surface area (Å²) in [7, 11) is 0. The summed E-state index contributed by atoms with van der Waals surface area (Å²) in [5, 5.41) is 13.0. The molecule has 3 rings (SSSR count). The second-order valence-corrected chi connectivity index (χ2v) is 5.64. The van der Waals surface area contributed by atoms with Crippen molar-refractivity contribution in [2.75, 3.05) is 5.32 Å². The molecule has 2 N–H and O–H groups in total. The summed E-state index contributed by atoms with van der Waals surface area (Å²) >= 11 is 5.90. The van der Waals surface area contributed by atoms with Gasteiger partial charge in [-0.25, -0.2) is 9.18 Å². The molecule has 24 heavy (non-hydrogen) atoms. The first-order chi connectivity index (χ1) is 11.5. The zero-order valence-corrected chi connectivity index (χ0v) is 13.2. The third-order valence-electron chi connectivity index (χ3n) is 3.55. The van der Waals surface area contributed by atoms with E-state index in [0.29, 0.717) is 16.4 Å². The van der Waals surface area contributed by atoms with E-state index in [4.69, 9.17) is 11.6 Å². The SMILES string of the molecule is O=C(O)c1ccc(-c2ccc(Cl)cc2)cc1Nc1ccc(F)cc1. The molecule has 0 saturated heterocycles. The number of halogens is 2. The molecule has 0 bridgehead atoms. The van der Waals surface area contributed by atoms with Gasteiger partial charge in [0, 0.05) is 10.7 Å². The topological polar surface area (TPSA) is 49.3 Å². The maximum atomic E-state index is 13.0. The van der Waals surface area contributed by atoms with Crippen LogP contribution in [-0.4, -0.2) is 11.1 Å². The predicted molar refractivity (Wildman–Crippen MR) is 93.5 cm³/mol. The number of rotatable bonds is 4. The van der Waals surface area contributed by atoms with Crippen molar-refractivity contribution in [3.63, 3.8) is 0 Å². The summed E-state index contributed by atoms with van der Waals surface area (Å²) in [6.45, 7) is 0. The highest BCUT2D eigenvalue weighted by atomic mass is 35.5. The number of carboxylic acids is 1. The molecule has 3 nitrogen and oxygen atoms in total. The zero-order chi connectivity index (χ0) is 17.1. The molecule has 0 fully saturated rings. The fourth-order valence-electron chi connectivity index (χ4n) is 2.34. The molecule has 0 spiro atoms. The summed E-state index contributed by atoms with van der Waals surface area (Å²) in [4.78, 5) is 11.4. The minimum atomic E-state index is -1.04. The van der Waals surface area contributed by atoms with Gasteiger partial charge in [-0.1, -0.05) is 29.8 Å². The standard InChI is InChI=1S/C19H13ClFNO2/c20-14-4-1-12(2-5-14)13-3-10-17(19(23)24)18(11-13)22-16-8-6-15(21)7-9-16/h1-11,22H,(H,23,24). The highest BCUT2D eigenvalue weighted by Crippen LogP contribution is 2.29. The Balaban J connectivity index is 2.01. The van der Waals surface area contributed by atoms with Crippen molar-refractivity contribution < 1.29 is 14.3 Å².